The van der Waals surface area contributed by atoms with Crippen molar-refractivity contribution in [3.63, 3.8) is 0 Å². The van der Waals surface area contributed by atoms with E-state index in [0.717, 1.165) is 18.4 Å². The van der Waals surface area contributed by atoms with Gasteiger partial charge in [-0.05, 0) is 43.0 Å². The largest absolute Gasteiger partial charge is 0.384 e. The first-order valence-electron chi connectivity index (χ1n) is 8.89. The second-order valence-electron chi connectivity index (χ2n) is 6.87. The van der Waals surface area contributed by atoms with E-state index in [1.165, 1.54) is 10.6 Å². The topological polar surface area (TPSA) is 105 Å². The third-order valence-electron chi connectivity index (χ3n) is 4.69. The summed E-state index contributed by atoms with van der Waals surface area (Å²) in [7, 11) is -3.19. The molecule has 3 rings (SSSR count). The quantitative estimate of drug-likeness (QED) is 0.811. The second-order valence-corrected chi connectivity index (χ2v) is 8.85. The van der Waals surface area contributed by atoms with Crippen molar-refractivity contribution in [3.05, 3.63) is 48.0 Å². The summed E-state index contributed by atoms with van der Waals surface area (Å²) in [5.74, 6) is 0.364. The Kier molecular flexibility index (Phi) is 5.76. The molecule has 0 saturated carbocycles. The lowest BCUT2D eigenvalue weighted by Crippen LogP contribution is -2.43. The van der Waals surface area contributed by atoms with Crippen LogP contribution < -0.4 is 11.1 Å². The molecule has 8 heteroatoms. The van der Waals surface area contributed by atoms with Gasteiger partial charge < -0.3 is 11.1 Å². The van der Waals surface area contributed by atoms with E-state index in [1.54, 1.807) is 24.3 Å². The predicted molar refractivity (Wildman–Crippen MR) is 106 cm³/mol. The Bertz CT molecular complexity index is 930. The Labute approximate surface area is 159 Å². The summed E-state index contributed by atoms with van der Waals surface area (Å²) in [5.41, 5.74) is 7.79. The molecule has 1 aliphatic rings. The summed E-state index contributed by atoms with van der Waals surface area (Å²) in [5, 5.41) is 2.93. The summed E-state index contributed by atoms with van der Waals surface area (Å²) in [6.45, 7) is 1.45. The number of sulfonamides is 1. The number of aromatic nitrogens is 1. The maximum atomic E-state index is 12.5. The second kappa shape index (κ2) is 8.06. The van der Waals surface area contributed by atoms with Crippen LogP contribution in [-0.4, -0.2) is 49.5 Å². The Morgan fingerprint density at radius 2 is 2.07 bits per heavy atom. The van der Waals surface area contributed by atoms with Gasteiger partial charge in [-0.1, -0.05) is 18.2 Å². The number of nitrogens with two attached hydrogens (primary N) is 1. The third kappa shape index (κ3) is 5.05. The first kappa shape index (κ1) is 19.3. The molecule has 7 nitrogen and oxygen atoms in total. The van der Waals surface area contributed by atoms with Crippen molar-refractivity contribution in [2.45, 2.75) is 12.8 Å². The number of nitrogens with one attached hydrogen (secondary N) is 1. The standard InChI is InChI=1S/C19H24N4O3S/c1-27(25,26)23-10-4-5-14(13-23)12-21-19(24)16-7-2-6-15(11-16)17-8-3-9-18(20)22-17/h2-3,6-9,11,14H,4-5,10,12-13H2,1H3,(H2,20,22)(H,21,24)/t14-/m0/s1. The van der Waals surface area contributed by atoms with E-state index in [4.69, 9.17) is 5.73 Å². The molecule has 0 aliphatic carbocycles. The molecule has 1 aromatic heterocycles. The van der Waals surface area contributed by atoms with Crippen molar-refractivity contribution in [3.8, 4) is 11.3 Å². The predicted octanol–water partition coefficient (Wildman–Crippen LogP) is 1.73. The molecule has 1 aliphatic heterocycles. The lowest BCUT2D eigenvalue weighted by molar-refractivity contribution is 0.0941. The number of pyridine rings is 1. The van der Waals surface area contributed by atoms with Gasteiger partial charge in [0.15, 0.2) is 0 Å². The van der Waals surface area contributed by atoms with E-state index in [0.29, 0.717) is 36.7 Å². The number of hydrogen-bond acceptors (Lipinski definition) is 5. The van der Waals surface area contributed by atoms with Crippen LogP contribution >= 0.6 is 0 Å². The van der Waals surface area contributed by atoms with Crippen molar-refractivity contribution < 1.29 is 13.2 Å². The van der Waals surface area contributed by atoms with Crippen LogP contribution in [0.2, 0.25) is 0 Å². The number of carbonyl (C=O) groups is 1. The molecule has 1 aromatic carbocycles. The van der Waals surface area contributed by atoms with E-state index in [1.807, 2.05) is 18.2 Å². The van der Waals surface area contributed by atoms with Crippen LogP contribution in [0.25, 0.3) is 11.3 Å². The number of nitrogens with zero attached hydrogens (tertiary/aromatic N) is 2. The van der Waals surface area contributed by atoms with Crippen LogP contribution in [0, 0.1) is 5.92 Å². The highest BCUT2D eigenvalue weighted by atomic mass is 32.2. The van der Waals surface area contributed by atoms with Crippen LogP contribution in [0.15, 0.2) is 42.5 Å². The minimum atomic E-state index is -3.19. The third-order valence-corrected chi connectivity index (χ3v) is 5.96. The van der Waals surface area contributed by atoms with E-state index in [2.05, 4.69) is 10.3 Å². The number of piperidine rings is 1. The summed E-state index contributed by atoms with van der Waals surface area (Å²) in [6, 6.07) is 12.6. The molecule has 0 spiro atoms. The maximum absolute atomic E-state index is 12.5. The van der Waals surface area contributed by atoms with Gasteiger partial charge in [0.05, 0.1) is 11.9 Å². The molecule has 0 radical (unpaired) electrons. The fourth-order valence-corrected chi connectivity index (χ4v) is 4.21. The van der Waals surface area contributed by atoms with Crippen LogP contribution in [-0.2, 0) is 10.0 Å². The number of carbonyl (C=O) groups excluding carboxylic acids is 1. The van der Waals surface area contributed by atoms with Crippen molar-refractivity contribution >= 4 is 21.7 Å². The first-order valence-corrected chi connectivity index (χ1v) is 10.7. The van der Waals surface area contributed by atoms with Gasteiger partial charge in [0, 0.05) is 30.8 Å². The zero-order valence-corrected chi connectivity index (χ0v) is 16.1. The Morgan fingerprint density at radius 1 is 1.30 bits per heavy atom. The van der Waals surface area contributed by atoms with Gasteiger partial charge in [0.1, 0.15) is 5.82 Å². The van der Waals surface area contributed by atoms with Crippen LogP contribution in [0.3, 0.4) is 0 Å². The van der Waals surface area contributed by atoms with Gasteiger partial charge in [-0.2, -0.15) is 0 Å². The van der Waals surface area contributed by atoms with Crippen molar-refractivity contribution in [1.82, 2.24) is 14.6 Å². The highest BCUT2D eigenvalue weighted by molar-refractivity contribution is 7.88. The molecule has 0 bridgehead atoms. The molecule has 1 saturated heterocycles. The fourth-order valence-electron chi connectivity index (χ4n) is 3.27. The zero-order chi connectivity index (χ0) is 19.4. The van der Waals surface area contributed by atoms with Crippen LogP contribution in [0.5, 0.6) is 0 Å². The highest BCUT2D eigenvalue weighted by Gasteiger charge is 2.26. The Morgan fingerprint density at radius 3 is 2.81 bits per heavy atom. The summed E-state index contributed by atoms with van der Waals surface area (Å²) in [4.78, 5) is 16.8. The summed E-state index contributed by atoms with van der Waals surface area (Å²) in [6.07, 6.45) is 2.94. The van der Waals surface area contributed by atoms with Crippen LogP contribution in [0.1, 0.15) is 23.2 Å². The fraction of sp³-hybridized carbons (Fsp3) is 0.368. The van der Waals surface area contributed by atoms with Gasteiger partial charge in [-0.15, -0.1) is 0 Å². The molecular formula is C19H24N4O3S. The lowest BCUT2D eigenvalue weighted by atomic mass is 9.99. The van der Waals surface area contributed by atoms with Gasteiger partial charge in [0.2, 0.25) is 10.0 Å². The zero-order valence-electron chi connectivity index (χ0n) is 15.3. The smallest absolute Gasteiger partial charge is 0.251 e. The average Bonchev–Trinajstić information content (AvgIpc) is 2.66. The lowest BCUT2D eigenvalue weighted by Gasteiger charge is -2.30. The molecule has 1 atom stereocenters. The number of benzene rings is 1. The number of rotatable bonds is 5. The van der Waals surface area contributed by atoms with Gasteiger partial charge in [-0.3, -0.25) is 4.79 Å². The molecule has 2 aromatic rings. The SMILES string of the molecule is CS(=O)(=O)N1CCC[C@@H](CNC(=O)c2cccc(-c3cccc(N)n3)c2)C1. The number of hydrogen-bond donors (Lipinski definition) is 2. The minimum absolute atomic E-state index is 0.121. The normalized spacial score (nSPS) is 18.2. The first-order chi connectivity index (χ1) is 12.8. The molecule has 144 valence electrons. The average molecular weight is 388 g/mol. The van der Waals surface area contributed by atoms with Gasteiger partial charge in [0.25, 0.3) is 5.91 Å². The van der Waals surface area contributed by atoms with E-state index >= 15 is 0 Å². The molecule has 1 fully saturated rings. The van der Waals surface area contributed by atoms with Crippen LogP contribution in [0.4, 0.5) is 5.82 Å². The van der Waals surface area contributed by atoms with E-state index in [-0.39, 0.29) is 11.8 Å². The summed E-state index contributed by atoms with van der Waals surface area (Å²) >= 11 is 0. The summed E-state index contributed by atoms with van der Waals surface area (Å²) < 4.78 is 24.9. The van der Waals surface area contributed by atoms with E-state index in [9.17, 15) is 13.2 Å². The molecule has 0 unspecified atom stereocenters. The molecule has 2 heterocycles. The number of amides is 1. The number of nitrogen functional groups attached to an aromatic ring is 1. The van der Waals surface area contributed by atoms with E-state index < -0.39 is 10.0 Å². The Hall–Kier alpha value is -2.45. The van der Waals surface area contributed by atoms with Crippen molar-refractivity contribution in [2.75, 3.05) is 31.6 Å². The van der Waals surface area contributed by atoms with Gasteiger partial charge in [-0.25, -0.2) is 17.7 Å². The number of anilines is 1. The highest BCUT2D eigenvalue weighted by Crippen LogP contribution is 2.20. The monoisotopic (exact) mass is 388 g/mol. The minimum Gasteiger partial charge on any atom is -0.384 e. The molecule has 1 amide bonds. The van der Waals surface area contributed by atoms with Crippen molar-refractivity contribution in [1.29, 1.82) is 0 Å². The Balaban J connectivity index is 1.64. The van der Waals surface area contributed by atoms with Gasteiger partial charge >= 0.3 is 0 Å². The molecule has 27 heavy (non-hydrogen) atoms. The van der Waals surface area contributed by atoms with Crippen molar-refractivity contribution in [2.24, 2.45) is 5.92 Å². The maximum Gasteiger partial charge on any atom is 0.251 e. The molecule has 3 N–H and O–H groups in total. The molecular weight excluding hydrogens is 364 g/mol.